The molecule has 0 aliphatic heterocycles. The van der Waals surface area contributed by atoms with E-state index in [1.165, 1.54) is 0 Å². The molecule has 1 aromatic carbocycles. The predicted octanol–water partition coefficient (Wildman–Crippen LogP) is 3.12. The van der Waals surface area contributed by atoms with E-state index in [0.29, 0.717) is 5.69 Å². The van der Waals surface area contributed by atoms with Gasteiger partial charge in [0.15, 0.2) is 0 Å². The summed E-state index contributed by atoms with van der Waals surface area (Å²) in [4.78, 5) is 12.2. The number of aromatic nitrogens is 1. The van der Waals surface area contributed by atoms with Crippen LogP contribution >= 0.6 is 0 Å². The molecule has 5 heteroatoms. The van der Waals surface area contributed by atoms with Crippen molar-refractivity contribution in [1.82, 2.24) is 10.5 Å². The molecule has 0 saturated carbocycles. The zero-order valence-corrected chi connectivity index (χ0v) is 12.7. The third-order valence-electron chi connectivity index (χ3n) is 3.28. The molecule has 2 rings (SSSR count). The summed E-state index contributed by atoms with van der Waals surface area (Å²) >= 11 is 0. The van der Waals surface area contributed by atoms with Gasteiger partial charge in [-0.1, -0.05) is 31.1 Å². The van der Waals surface area contributed by atoms with Gasteiger partial charge in [-0.2, -0.15) is 0 Å². The van der Waals surface area contributed by atoms with Crippen molar-refractivity contribution in [1.29, 1.82) is 0 Å². The molecule has 0 bridgehead atoms. The highest BCUT2D eigenvalue weighted by Crippen LogP contribution is 2.24. The van der Waals surface area contributed by atoms with Crippen LogP contribution in [-0.2, 0) is 0 Å². The van der Waals surface area contributed by atoms with E-state index in [1.807, 2.05) is 24.3 Å². The van der Waals surface area contributed by atoms with E-state index in [4.69, 9.17) is 9.26 Å². The Labute approximate surface area is 124 Å². The average Bonchev–Trinajstić information content (AvgIpc) is 2.91. The zero-order chi connectivity index (χ0) is 15.4. The molecule has 1 N–H and O–H groups in total. The Kier molecular flexibility index (Phi) is 4.62. The van der Waals surface area contributed by atoms with Gasteiger partial charge in [0.2, 0.25) is 5.76 Å². The van der Waals surface area contributed by atoms with E-state index in [-0.39, 0.29) is 23.6 Å². The van der Waals surface area contributed by atoms with Crippen molar-refractivity contribution in [3.8, 4) is 5.75 Å². The van der Waals surface area contributed by atoms with Gasteiger partial charge >= 0.3 is 0 Å². The van der Waals surface area contributed by atoms with E-state index in [9.17, 15) is 4.79 Å². The van der Waals surface area contributed by atoms with Gasteiger partial charge in [0.25, 0.3) is 5.91 Å². The summed E-state index contributed by atoms with van der Waals surface area (Å²) < 4.78 is 10.1. The van der Waals surface area contributed by atoms with Crippen LogP contribution in [0.1, 0.15) is 41.7 Å². The maximum absolute atomic E-state index is 12.2. The fraction of sp³-hybridized carbons (Fsp3) is 0.375. The largest absolute Gasteiger partial charge is 0.497 e. The zero-order valence-electron chi connectivity index (χ0n) is 12.7. The predicted molar refractivity (Wildman–Crippen MR) is 79.3 cm³/mol. The number of nitrogens with one attached hydrogen (secondary N) is 1. The van der Waals surface area contributed by atoms with Crippen molar-refractivity contribution in [2.45, 2.75) is 26.8 Å². The highest BCUT2D eigenvalue weighted by atomic mass is 16.5. The van der Waals surface area contributed by atoms with Crippen LogP contribution in [0.3, 0.4) is 0 Å². The van der Waals surface area contributed by atoms with Crippen LogP contribution < -0.4 is 10.1 Å². The molecule has 0 radical (unpaired) electrons. The molecule has 0 fully saturated rings. The van der Waals surface area contributed by atoms with E-state index in [2.05, 4.69) is 24.3 Å². The molecule has 1 aromatic heterocycles. The first kappa shape index (κ1) is 15.1. The summed E-state index contributed by atoms with van der Waals surface area (Å²) in [5.74, 6) is 1.00. The summed E-state index contributed by atoms with van der Waals surface area (Å²) in [6.07, 6.45) is 0. The number of hydrogen-bond donors (Lipinski definition) is 1. The number of carbonyl (C=O) groups excluding carboxylic acids is 1. The smallest absolute Gasteiger partial charge is 0.290 e. The molecule has 1 heterocycles. The molecule has 1 amide bonds. The van der Waals surface area contributed by atoms with Gasteiger partial charge in [0.1, 0.15) is 5.75 Å². The second-order valence-electron chi connectivity index (χ2n) is 5.30. The number of nitrogens with zero attached hydrogens (tertiary/aromatic N) is 1. The van der Waals surface area contributed by atoms with Gasteiger partial charge in [0.05, 0.1) is 18.8 Å². The number of carbonyl (C=O) groups is 1. The third-order valence-corrected chi connectivity index (χ3v) is 3.28. The normalized spacial score (nSPS) is 12.2. The van der Waals surface area contributed by atoms with Gasteiger partial charge in [-0.15, -0.1) is 0 Å². The van der Waals surface area contributed by atoms with Crippen LogP contribution in [0.4, 0.5) is 0 Å². The van der Waals surface area contributed by atoms with E-state index >= 15 is 0 Å². The van der Waals surface area contributed by atoms with Crippen LogP contribution in [0.2, 0.25) is 0 Å². The quantitative estimate of drug-likeness (QED) is 0.918. The first-order chi connectivity index (χ1) is 10.0. The number of rotatable bonds is 5. The minimum Gasteiger partial charge on any atom is -0.497 e. The lowest BCUT2D eigenvalue weighted by atomic mass is 9.96. The fourth-order valence-electron chi connectivity index (χ4n) is 2.13. The van der Waals surface area contributed by atoms with Crippen LogP contribution in [0.15, 0.2) is 34.9 Å². The topological polar surface area (TPSA) is 64.4 Å². The highest BCUT2D eigenvalue weighted by molar-refractivity contribution is 5.91. The second-order valence-corrected chi connectivity index (χ2v) is 5.30. The molecule has 0 aliphatic rings. The van der Waals surface area contributed by atoms with Crippen molar-refractivity contribution in [3.05, 3.63) is 47.3 Å². The van der Waals surface area contributed by atoms with E-state index in [0.717, 1.165) is 11.3 Å². The Morgan fingerprint density at radius 3 is 2.43 bits per heavy atom. The standard InChI is InChI=1S/C16H20N2O3/c1-10(2)15(12-5-7-13(20-4)8-6-12)17-16(19)14-9-11(3)18-21-14/h5-10,15H,1-4H3,(H,17,19). The van der Waals surface area contributed by atoms with Crippen LogP contribution in [0, 0.1) is 12.8 Å². The monoisotopic (exact) mass is 288 g/mol. The summed E-state index contributed by atoms with van der Waals surface area (Å²) in [5.41, 5.74) is 1.71. The van der Waals surface area contributed by atoms with E-state index < -0.39 is 0 Å². The Balaban J connectivity index is 2.16. The van der Waals surface area contributed by atoms with Crippen LogP contribution in [0.5, 0.6) is 5.75 Å². The number of aryl methyl sites for hydroxylation is 1. The number of methoxy groups -OCH3 is 1. The average molecular weight is 288 g/mol. The Morgan fingerprint density at radius 2 is 1.95 bits per heavy atom. The van der Waals surface area contributed by atoms with Crippen molar-refractivity contribution in [2.75, 3.05) is 7.11 Å². The highest BCUT2D eigenvalue weighted by Gasteiger charge is 2.21. The molecule has 5 nitrogen and oxygen atoms in total. The molecule has 2 aromatic rings. The van der Waals surface area contributed by atoms with Gasteiger partial charge in [-0.3, -0.25) is 4.79 Å². The van der Waals surface area contributed by atoms with Crippen molar-refractivity contribution in [3.63, 3.8) is 0 Å². The Morgan fingerprint density at radius 1 is 1.29 bits per heavy atom. The molecule has 1 atom stereocenters. The first-order valence-corrected chi connectivity index (χ1v) is 6.89. The number of ether oxygens (including phenoxy) is 1. The second kappa shape index (κ2) is 6.43. The van der Waals surface area contributed by atoms with Gasteiger partial charge < -0.3 is 14.6 Å². The molecular formula is C16H20N2O3. The molecule has 0 spiro atoms. The summed E-state index contributed by atoms with van der Waals surface area (Å²) in [6, 6.07) is 9.20. The lowest BCUT2D eigenvalue weighted by molar-refractivity contribution is 0.0888. The number of hydrogen-bond acceptors (Lipinski definition) is 4. The minimum absolute atomic E-state index is 0.103. The van der Waals surface area contributed by atoms with E-state index in [1.54, 1.807) is 20.1 Å². The summed E-state index contributed by atoms with van der Waals surface area (Å²) in [6.45, 7) is 5.89. The molecule has 112 valence electrons. The third kappa shape index (κ3) is 3.62. The maximum atomic E-state index is 12.2. The molecular weight excluding hydrogens is 268 g/mol. The first-order valence-electron chi connectivity index (χ1n) is 6.89. The van der Waals surface area contributed by atoms with Crippen LogP contribution in [-0.4, -0.2) is 18.2 Å². The Bertz CT molecular complexity index is 602. The number of benzene rings is 1. The fourth-order valence-corrected chi connectivity index (χ4v) is 2.13. The molecule has 0 aliphatic carbocycles. The van der Waals surface area contributed by atoms with Gasteiger partial charge in [-0.25, -0.2) is 0 Å². The van der Waals surface area contributed by atoms with Crippen molar-refractivity contribution in [2.24, 2.45) is 5.92 Å². The maximum Gasteiger partial charge on any atom is 0.290 e. The minimum atomic E-state index is -0.259. The Hall–Kier alpha value is -2.30. The molecule has 1 unspecified atom stereocenters. The van der Waals surface area contributed by atoms with Crippen LogP contribution in [0.25, 0.3) is 0 Å². The van der Waals surface area contributed by atoms with Crippen molar-refractivity contribution < 1.29 is 14.1 Å². The molecule has 21 heavy (non-hydrogen) atoms. The molecule has 0 saturated heterocycles. The summed E-state index contributed by atoms with van der Waals surface area (Å²) in [5, 5.41) is 6.72. The number of amides is 1. The summed E-state index contributed by atoms with van der Waals surface area (Å²) in [7, 11) is 1.63. The van der Waals surface area contributed by atoms with Gasteiger partial charge in [-0.05, 0) is 30.5 Å². The van der Waals surface area contributed by atoms with Crippen molar-refractivity contribution >= 4 is 5.91 Å². The van der Waals surface area contributed by atoms with Gasteiger partial charge in [0, 0.05) is 6.07 Å². The lowest BCUT2D eigenvalue weighted by Crippen LogP contribution is -2.31. The SMILES string of the molecule is COc1ccc(C(NC(=O)c2cc(C)no2)C(C)C)cc1. The lowest BCUT2D eigenvalue weighted by Gasteiger charge is -2.22.